The Hall–Kier alpha value is -4.70. The van der Waals surface area contributed by atoms with E-state index in [1.807, 2.05) is 41.8 Å². The minimum absolute atomic E-state index is 0.0140. The van der Waals surface area contributed by atoms with Crippen molar-refractivity contribution in [3.8, 4) is 22.9 Å². The summed E-state index contributed by atoms with van der Waals surface area (Å²) in [5.74, 6) is 0.758. The van der Waals surface area contributed by atoms with Crippen LogP contribution in [0.4, 0.5) is 0 Å². The van der Waals surface area contributed by atoms with Crippen LogP contribution in [-0.2, 0) is 4.79 Å². The number of aryl methyl sites for hydroxylation is 1. The van der Waals surface area contributed by atoms with E-state index >= 15 is 0 Å². The molecule has 0 fully saturated rings. The standard InChI is InChI=1S/C30H28ClN5O5/c1-17-34-35-30-23(16-28(40)32-13-3-4-25(37)19-7-12-26(38)27(39)14-19)33-29(18-5-8-20(31)9-6-18)22-15-21(41-2)10-11-24(22)36(17)30/h5-12,14-15,23,38-39H,3-4,13,16H2,1-2H3,(H,32,40)/t23-/m0/s1. The van der Waals surface area contributed by atoms with Gasteiger partial charge in [-0.2, -0.15) is 0 Å². The number of aromatic hydroxyl groups is 2. The molecule has 1 atom stereocenters. The van der Waals surface area contributed by atoms with E-state index < -0.39 is 6.04 Å². The molecule has 3 N–H and O–H groups in total. The Labute approximate surface area is 241 Å². The third-order valence-corrected chi connectivity index (χ3v) is 7.08. The number of carbonyl (C=O) groups is 2. The van der Waals surface area contributed by atoms with Gasteiger partial charge in [-0.25, -0.2) is 0 Å². The minimum Gasteiger partial charge on any atom is -0.504 e. The number of aliphatic imine (C=N–C) groups is 1. The van der Waals surface area contributed by atoms with E-state index in [4.69, 9.17) is 21.3 Å². The molecule has 41 heavy (non-hydrogen) atoms. The lowest BCUT2D eigenvalue weighted by Crippen LogP contribution is -2.27. The third-order valence-electron chi connectivity index (χ3n) is 6.83. The average molecular weight is 574 g/mol. The van der Waals surface area contributed by atoms with Gasteiger partial charge in [0.25, 0.3) is 0 Å². The van der Waals surface area contributed by atoms with Crippen molar-refractivity contribution in [2.45, 2.75) is 32.2 Å². The lowest BCUT2D eigenvalue weighted by atomic mass is 10.00. The zero-order chi connectivity index (χ0) is 29.1. The summed E-state index contributed by atoms with van der Waals surface area (Å²) in [4.78, 5) is 30.5. The van der Waals surface area contributed by atoms with Crippen molar-refractivity contribution in [3.63, 3.8) is 0 Å². The molecule has 5 rings (SSSR count). The molecule has 1 aliphatic heterocycles. The second-order valence-corrected chi connectivity index (χ2v) is 10.0. The Kier molecular flexibility index (Phi) is 8.02. The van der Waals surface area contributed by atoms with Crippen molar-refractivity contribution in [1.29, 1.82) is 0 Å². The normalized spacial score (nSPS) is 13.9. The van der Waals surface area contributed by atoms with E-state index in [9.17, 15) is 19.8 Å². The number of phenols is 2. The zero-order valence-corrected chi connectivity index (χ0v) is 23.2. The fourth-order valence-corrected chi connectivity index (χ4v) is 4.87. The number of hydrogen-bond donors (Lipinski definition) is 3. The van der Waals surface area contributed by atoms with Gasteiger partial charge in [-0.05, 0) is 61.9 Å². The first-order chi connectivity index (χ1) is 19.7. The lowest BCUT2D eigenvalue weighted by Gasteiger charge is -2.14. The molecule has 0 radical (unpaired) electrons. The zero-order valence-electron chi connectivity index (χ0n) is 22.5. The summed E-state index contributed by atoms with van der Waals surface area (Å²) in [5, 5.41) is 31.2. The van der Waals surface area contributed by atoms with Gasteiger partial charge in [0.1, 0.15) is 17.6 Å². The van der Waals surface area contributed by atoms with Gasteiger partial charge >= 0.3 is 0 Å². The molecule has 0 saturated heterocycles. The maximum absolute atomic E-state index is 13.1. The molecule has 3 aromatic carbocycles. The van der Waals surface area contributed by atoms with Crippen LogP contribution >= 0.6 is 11.6 Å². The Morgan fingerprint density at radius 2 is 1.80 bits per heavy atom. The largest absolute Gasteiger partial charge is 0.504 e. The van der Waals surface area contributed by atoms with Crippen LogP contribution in [0.15, 0.2) is 65.7 Å². The van der Waals surface area contributed by atoms with Crippen LogP contribution < -0.4 is 10.1 Å². The number of nitrogens with one attached hydrogen (secondary N) is 1. The van der Waals surface area contributed by atoms with Crippen LogP contribution in [0.5, 0.6) is 17.2 Å². The monoisotopic (exact) mass is 573 g/mol. The number of phenolic OH excluding ortho intramolecular Hbond substituents is 2. The predicted molar refractivity (Wildman–Crippen MR) is 153 cm³/mol. The third kappa shape index (κ3) is 5.92. The molecule has 0 saturated carbocycles. The van der Waals surface area contributed by atoms with Gasteiger partial charge in [0, 0.05) is 34.7 Å². The fraction of sp³-hybridized carbons (Fsp3) is 0.233. The first-order valence-electron chi connectivity index (χ1n) is 13.0. The first-order valence-corrected chi connectivity index (χ1v) is 13.4. The van der Waals surface area contributed by atoms with Crippen LogP contribution in [0.2, 0.25) is 5.02 Å². The maximum Gasteiger partial charge on any atom is 0.222 e. The molecule has 1 aliphatic rings. The maximum atomic E-state index is 13.1. The molecule has 10 nitrogen and oxygen atoms in total. The van der Waals surface area contributed by atoms with Crippen LogP contribution in [0, 0.1) is 6.92 Å². The molecule has 11 heteroatoms. The summed E-state index contributed by atoms with van der Waals surface area (Å²) >= 11 is 6.16. The van der Waals surface area contributed by atoms with E-state index in [2.05, 4.69) is 15.5 Å². The summed E-state index contributed by atoms with van der Waals surface area (Å²) < 4.78 is 7.41. The molecule has 4 aromatic rings. The molecular weight excluding hydrogens is 546 g/mol. The highest BCUT2D eigenvalue weighted by molar-refractivity contribution is 6.30. The number of fused-ring (bicyclic) bond motifs is 3. The van der Waals surface area contributed by atoms with E-state index in [-0.39, 0.29) is 42.6 Å². The second-order valence-electron chi connectivity index (χ2n) is 9.61. The predicted octanol–water partition coefficient (Wildman–Crippen LogP) is 4.71. The van der Waals surface area contributed by atoms with Gasteiger partial charge in [-0.1, -0.05) is 23.7 Å². The summed E-state index contributed by atoms with van der Waals surface area (Å²) in [6.07, 6.45) is 0.578. The van der Waals surface area contributed by atoms with Gasteiger partial charge < -0.3 is 20.3 Å². The number of Topliss-reactive ketones (excluding diaryl/α,β-unsaturated/α-hetero) is 1. The second kappa shape index (κ2) is 11.8. The Bertz CT molecular complexity index is 1650. The van der Waals surface area contributed by atoms with E-state index in [1.165, 1.54) is 18.2 Å². The highest BCUT2D eigenvalue weighted by atomic mass is 35.5. The van der Waals surface area contributed by atoms with E-state index in [1.54, 1.807) is 19.2 Å². The fourth-order valence-electron chi connectivity index (χ4n) is 4.74. The Morgan fingerprint density at radius 3 is 2.54 bits per heavy atom. The van der Waals surface area contributed by atoms with Crippen molar-refractivity contribution in [2.24, 2.45) is 4.99 Å². The van der Waals surface area contributed by atoms with Crippen LogP contribution in [0.25, 0.3) is 5.69 Å². The SMILES string of the molecule is COc1ccc2c(c1)C(c1ccc(Cl)cc1)=N[C@@H](CC(=O)NCCCC(=O)c1ccc(O)c(O)c1)c1nnc(C)n1-2. The molecule has 2 heterocycles. The van der Waals surface area contributed by atoms with Crippen molar-refractivity contribution >= 4 is 29.0 Å². The number of benzene rings is 3. The highest BCUT2D eigenvalue weighted by Gasteiger charge is 2.30. The van der Waals surface area contributed by atoms with Crippen LogP contribution in [0.1, 0.15) is 58.4 Å². The van der Waals surface area contributed by atoms with Crippen LogP contribution in [-0.4, -0.2) is 56.0 Å². The minimum atomic E-state index is -0.637. The molecular formula is C30H28ClN5O5. The Balaban J connectivity index is 1.36. The number of methoxy groups -OCH3 is 1. The highest BCUT2D eigenvalue weighted by Crippen LogP contribution is 2.34. The number of rotatable bonds is 9. The number of amides is 1. The molecule has 0 spiro atoms. The van der Waals surface area contributed by atoms with Gasteiger partial charge in [-0.3, -0.25) is 19.1 Å². The van der Waals surface area contributed by atoms with Crippen molar-refractivity contribution in [3.05, 3.63) is 94.0 Å². The quantitative estimate of drug-likeness (QED) is 0.150. The number of ketones is 1. The van der Waals surface area contributed by atoms with Gasteiger partial charge in [0.2, 0.25) is 5.91 Å². The van der Waals surface area contributed by atoms with Gasteiger partial charge in [0.15, 0.2) is 23.1 Å². The molecule has 1 aromatic heterocycles. The van der Waals surface area contributed by atoms with Gasteiger partial charge in [0.05, 0.1) is 24.9 Å². The molecule has 0 unspecified atom stereocenters. The van der Waals surface area contributed by atoms with Crippen LogP contribution in [0.3, 0.4) is 0 Å². The summed E-state index contributed by atoms with van der Waals surface area (Å²) in [5.41, 5.74) is 3.40. The molecule has 1 amide bonds. The number of carbonyl (C=O) groups excluding carboxylic acids is 2. The number of ether oxygens (including phenoxy) is 1. The van der Waals surface area contributed by atoms with E-state index in [0.29, 0.717) is 40.1 Å². The van der Waals surface area contributed by atoms with Crippen molar-refractivity contribution in [2.75, 3.05) is 13.7 Å². The van der Waals surface area contributed by atoms with Crippen molar-refractivity contribution in [1.82, 2.24) is 20.1 Å². The molecule has 0 aliphatic carbocycles. The smallest absolute Gasteiger partial charge is 0.222 e. The lowest BCUT2D eigenvalue weighted by molar-refractivity contribution is -0.121. The topological polar surface area (TPSA) is 139 Å². The average Bonchev–Trinajstić information content (AvgIpc) is 3.29. The first kappa shape index (κ1) is 27.9. The number of hydrogen-bond acceptors (Lipinski definition) is 8. The number of aromatic nitrogens is 3. The molecule has 0 bridgehead atoms. The summed E-state index contributed by atoms with van der Waals surface area (Å²) in [6, 6.07) is 16.3. The number of nitrogens with zero attached hydrogens (tertiary/aromatic N) is 4. The Morgan fingerprint density at radius 1 is 1.02 bits per heavy atom. The number of halogens is 1. The van der Waals surface area contributed by atoms with E-state index in [0.717, 1.165) is 16.8 Å². The van der Waals surface area contributed by atoms with Crippen molar-refractivity contribution < 1.29 is 24.5 Å². The summed E-state index contributed by atoms with van der Waals surface area (Å²) in [6.45, 7) is 2.12. The molecule has 210 valence electrons. The van der Waals surface area contributed by atoms with Gasteiger partial charge in [-0.15, -0.1) is 10.2 Å². The summed E-state index contributed by atoms with van der Waals surface area (Å²) in [7, 11) is 1.60.